The van der Waals surface area contributed by atoms with E-state index in [1.165, 1.54) is 84.2 Å². The molecule has 1 fully saturated rings. The molecule has 1 rings (SSSR count). The molecule has 20 heavy (non-hydrogen) atoms. The predicted molar refractivity (Wildman–Crippen MR) is 89.4 cm³/mol. The van der Waals surface area contributed by atoms with Crippen LogP contribution in [0.1, 0.15) is 58.8 Å². The number of hydrogen-bond acceptors (Lipinski definition) is 3. The van der Waals surface area contributed by atoms with Crippen LogP contribution in [0.5, 0.6) is 0 Å². The van der Waals surface area contributed by atoms with Crippen LogP contribution < -0.4 is 5.32 Å². The lowest BCUT2D eigenvalue weighted by Crippen LogP contribution is -2.40. The summed E-state index contributed by atoms with van der Waals surface area (Å²) in [7, 11) is 2.27. The second kappa shape index (κ2) is 11.5. The van der Waals surface area contributed by atoms with Crippen molar-refractivity contribution >= 4 is 0 Å². The van der Waals surface area contributed by atoms with Crippen LogP contribution in [0, 0.1) is 0 Å². The van der Waals surface area contributed by atoms with E-state index in [4.69, 9.17) is 0 Å². The van der Waals surface area contributed by atoms with Gasteiger partial charge in [-0.25, -0.2) is 0 Å². The summed E-state index contributed by atoms with van der Waals surface area (Å²) in [6.45, 7) is 12.1. The molecule has 0 radical (unpaired) electrons. The Morgan fingerprint density at radius 3 is 2.55 bits per heavy atom. The molecular weight excluding hydrogens is 246 g/mol. The van der Waals surface area contributed by atoms with Crippen molar-refractivity contribution in [2.75, 3.05) is 46.3 Å². The van der Waals surface area contributed by atoms with E-state index in [2.05, 4.69) is 36.0 Å². The summed E-state index contributed by atoms with van der Waals surface area (Å²) in [6, 6.07) is 0.786. The highest BCUT2D eigenvalue weighted by Gasteiger charge is 2.20. The highest BCUT2D eigenvalue weighted by molar-refractivity contribution is 4.77. The number of likely N-dealkylation sites (N-methyl/N-ethyl adjacent to an activating group) is 1. The Kier molecular flexibility index (Phi) is 10.3. The number of hydrogen-bond donors (Lipinski definition) is 1. The Bertz CT molecular complexity index is 220. The van der Waals surface area contributed by atoms with E-state index in [0.29, 0.717) is 0 Å². The molecule has 0 aromatic heterocycles. The smallest absolute Gasteiger partial charge is 0.0220 e. The average Bonchev–Trinajstić information content (AvgIpc) is 2.63. The van der Waals surface area contributed by atoms with Crippen LogP contribution in [-0.4, -0.2) is 62.2 Å². The summed E-state index contributed by atoms with van der Waals surface area (Å²) in [5.41, 5.74) is 0. The first-order chi connectivity index (χ1) is 9.77. The Hall–Kier alpha value is -0.120. The maximum Gasteiger partial charge on any atom is 0.0220 e. The summed E-state index contributed by atoms with van der Waals surface area (Å²) < 4.78 is 0. The van der Waals surface area contributed by atoms with E-state index in [-0.39, 0.29) is 0 Å². The van der Waals surface area contributed by atoms with Gasteiger partial charge in [0.25, 0.3) is 0 Å². The van der Waals surface area contributed by atoms with Crippen LogP contribution >= 0.6 is 0 Å². The van der Waals surface area contributed by atoms with Crippen molar-refractivity contribution in [3.05, 3.63) is 0 Å². The number of nitrogens with one attached hydrogen (secondary N) is 1. The first-order valence-corrected chi connectivity index (χ1v) is 8.91. The summed E-state index contributed by atoms with van der Waals surface area (Å²) in [6.07, 6.45) is 9.41. The van der Waals surface area contributed by atoms with Gasteiger partial charge in [-0.3, -0.25) is 4.90 Å². The van der Waals surface area contributed by atoms with Gasteiger partial charge in [0.1, 0.15) is 0 Å². The largest absolute Gasteiger partial charge is 0.317 e. The van der Waals surface area contributed by atoms with Crippen LogP contribution in [0.15, 0.2) is 0 Å². The number of rotatable bonds is 10. The van der Waals surface area contributed by atoms with Gasteiger partial charge in [-0.05, 0) is 71.9 Å². The van der Waals surface area contributed by atoms with Gasteiger partial charge < -0.3 is 10.2 Å². The highest BCUT2D eigenvalue weighted by Crippen LogP contribution is 2.13. The van der Waals surface area contributed by atoms with Crippen LogP contribution in [-0.2, 0) is 0 Å². The molecule has 3 nitrogen and oxygen atoms in total. The van der Waals surface area contributed by atoms with E-state index in [9.17, 15) is 0 Å². The van der Waals surface area contributed by atoms with Crippen LogP contribution in [0.4, 0.5) is 0 Å². The molecule has 1 saturated heterocycles. The molecule has 1 aliphatic heterocycles. The molecule has 0 aromatic rings. The van der Waals surface area contributed by atoms with Gasteiger partial charge in [0.05, 0.1) is 0 Å². The molecule has 0 spiro atoms. The molecule has 120 valence electrons. The van der Waals surface area contributed by atoms with Crippen LogP contribution in [0.3, 0.4) is 0 Å². The quantitative estimate of drug-likeness (QED) is 0.622. The maximum absolute atomic E-state index is 3.49. The Balaban J connectivity index is 2.07. The van der Waals surface area contributed by atoms with Gasteiger partial charge in [0, 0.05) is 12.6 Å². The van der Waals surface area contributed by atoms with Crippen molar-refractivity contribution < 1.29 is 0 Å². The lowest BCUT2D eigenvalue weighted by molar-refractivity contribution is 0.180. The zero-order chi connectivity index (χ0) is 14.6. The molecule has 1 unspecified atom stereocenters. The Labute approximate surface area is 127 Å². The molecule has 0 bridgehead atoms. The zero-order valence-corrected chi connectivity index (χ0v) is 14.2. The molecule has 1 heterocycles. The topological polar surface area (TPSA) is 18.5 Å². The summed E-state index contributed by atoms with van der Waals surface area (Å²) in [4.78, 5) is 5.26. The first-order valence-electron chi connectivity index (χ1n) is 8.91. The molecule has 3 heteroatoms. The standard InChI is InChI=1S/C17H37N3/c1-4-11-18-12-8-6-7-9-14-20-15-10-13-19(3)16-17(20)5-2/h17-18H,4-16H2,1-3H3. The molecule has 0 amide bonds. The molecule has 1 N–H and O–H groups in total. The summed E-state index contributed by atoms with van der Waals surface area (Å²) >= 11 is 0. The predicted octanol–water partition coefficient (Wildman–Crippen LogP) is 2.96. The van der Waals surface area contributed by atoms with Gasteiger partial charge in [-0.2, -0.15) is 0 Å². The average molecular weight is 284 g/mol. The lowest BCUT2D eigenvalue weighted by Gasteiger charge is -2.30. The molecule has 0 aromatic carbocycles. The van der Waals surface area contributed by atoms with Crippen molar-refractivity contribution in [3.8, 4) is 0 Å². The molecule has 0 saturated carbocycles. The van der Waals surface area contributed by atoms with Gasteiger partial charge in [0.15, 0.2) is 0 Å². The van der Waals surface area contributed by atoms with Crippen molar-refractivity contribution in [1.29, 1.82) is 0 Å². The third kappa shape index (κ3) is 7.61. The van der Waals surface area contributed by atoms with Crippen molar-refractivity contribution in [2.24, 2.45) is 0 Å². The second-order valence-electron chi connectivity index (χ2n) is 6.38. The van der Waals surface area contributed by atoms with E-state index in [1.54, 1.807) is 0 Å². The van der Waals surface area contributed by atoms with Gasteiger partial charge in [-0.1, -0.05) is 26.7 Å². The van der Waals surface area contributed by atoms with Gasteiger partial charge in [-0.15, -0.1) is 0 Å². The minimum Gasteiger partial charge on any atom is -0.317 e. The van der Waals surface area contributed by atoms with Crippen molar-refractivity contribution in [3.63, 3.8) is 0 Å². The summed E-state index contributed by atoms with van der Waals surface area (Å²) in [5.74, 6) is 0. The van der Waals surface area contributed by atoms with E-state index < -0.39 is 0 Å². The molecule has 1 aliphatic rings. The van der Waals surface area contributed by atoms with E-state index >= 15 is 0 Å². The SMILES string of the molecule is CCCNCCCCCCN1CCCN(C)CC1CC. The van der Waals surface area contributed by atoms with E-state index in [0.717, 1.165) is 6.04 Å². The Morgan fingerprint density at radius 1 is 1.00 bits per heavy atom. The van der Waals surface area contributed by atoms with Crippen molar-refractivity contribution in [1.82, 2.24) is 15.1 Å². The fraction of sp³-hybridized carbons (Fsp3) is 1.00. The monoisotopic (exact) mass is 283 g/mol. The lowest BCUT2D eigenvalue weighted by atomic mass is 10.1. The third-order valence-electron chi connectivity index (χ3n) is 4.47. The normalized spacial score (nSPS) is 22.1. The van der Waals surface area contributed by atoms with Gasteiger partial charge >= 0.3 is 0 Å². The summed E-state index contributed by atoms with van der Waals surface area (Å²) in [5, 5.41) is 3.49. The third-order valence-corrected chi connectivity index (χ3v) is 4.47. The molecule has 0 aliphatic carbocycles. The first kappa shape index (κ1) is 17.9. The fourth-order valence-corrected chi connectivity index (χ4v) is 3.19. The highest BCUT2D eigenvalue weighted by atomic mass is 15.2. The van der Waals surface area contributed by atoms with Crippen LogP contribution in [0.2, 0.25) is 0 Å². The second-order valence-corrected chi connectivity index (χ2v) is 6.38. The molecular formula is C17H37N3. The number of unbranched alkanes of at least 4 members (excludes halogenated alkanes) is 3. The zero-order valence-electron chi connectivity index (χ0n) is 14.2. The number of nitrogens with zero attached hydrogens (tertiary/aromatic N) is 2. The van der Waals surface area contributed by atoms with Crippen molar-refractivity contribution in [2.45, 2.75) is 64.8 Å². The van der Waals surface area contributed by atoms with Gasteiger partial charge in [0.2, 0.25) is 0 Å². The van der Waals surface area contributed by atoms with E-state index in [1.807, 2.05) is 0 Å². The molecule has 1 atom stereocenters. The minimum atomic E-state index is 0.786. The Morgan fingerprint density at radius 2 is 1.80 bits per heavy atom. The maximum atomic E-state index is 3.49. The van der Waals surface area contributed by atoms with Crippen LogP contribution in [0.25, 0.3) is 0 Å². The minimum absolute atomic E-state index is 0.786. The fourth-order valence-electron chi connectivity index (χ4n) is 3.19.